The molecule has 0 unspecified atom stereocenters. The number of ketones is 1. The molecular weight excluding hydrogens is 260 g/mol. The zero-order chi connectivity index (χ0) is 13.7. The van der Waals surface area contributed by atoms with E-state index in [1.807, 2.05) is 42.5 Å². The lowest BCUT2D eigenvalue weighted by Gasteiger charge is -2.05. The van der Waals surface area contributed by atoms with Crippen molar-refractivity contribution in [3.05, 3.63) is 64.7 Å². The summed E-state index contributed by atoms with van der Waals surface area (Å²) in [6.07, 6.45) is 0.779. The Kier molecular flexibility index (Phi) is 4.58. The summed E-state index contributed by atoms with van der Waals surface area (Å²) in [4.78, 5) is 12.0. The molecule has 2 rings (SSSR count). The molecule has 0 aliphatic heterocycles. The maximum atomic E-state index is 12.0. The fourth-order valence-electron chi connectivity index (χ4n) is 1.89. The molecule has 0 aromatic heterocycles. The average molecular weight is 275 g/mol. The van der Waals surface area contributed by atoms with E-state index in [4.69, 9.17) is 16.3 Å². The Morgan fingerprint density at radius 3 is 2.37 bits per heavy atom. The molecule has 0 amide bonds. The first-order chi connectivity index (χ1) is 9.19. The fourth-order valence-corrected chi connectivity index (χ4v) is 2.09. The van der Waals surface area contributed by atoms with Crippen LogP contribution in [0.4, 0.5) is 0 Å². The van der Waals surface area contributed by atoms with Crippen LogP contribution in [0, 0.1) is 0 Å². The van der Waals surface area contributed by atoms with Crippen LogP contribution in [0.2, 0.25) is 5.02 Å². The molecule has 2 nitrogen and oxygen atoms in total. The van der Waals surface area contributed by atoms with Crippen molar-refractivity contribution in [3.63, 3.8) is 0 Å². The number of hydrogen-bond acceptors (Lipinski definition) is 2. The van der Waals surface area contributed by atoms with Crippen molar-refractivity contribution in [2.24, 2.45) is 0 Å². The standard InChI is InChI=1S/C16H15ClO2/c1-19-15-8-6-12(7-9-15)10-14(18)11-13-4-2-3-5-16(13)17/h2-9H,10-11H2,1H3. The van der Waals surface area contributed by atoms with Gasteiger partial charge in [-0.05, 0) is 29.3 Å². The van der Waals surface area contributed by atoms with E-state index >= 15 is 0 Å². The number of rotatable bonds is 5. The first kappa shape index (κ1) is 13.6. The molecule has 0 bridgehead atoms. The topological polar surface area (TPSA) is 26.3 Å². The molecule has 0 spiro atoms. The molecule has 0 atom stereocenters. The van der Waals surface area contributed by atoms with Crippen molar-refractivity contribution in [2.75, 3.05) is 7.11 Å². The molecule has 0 saturated carbocycles. The van der Waals surface area contributed by atoms with Crippen molar-refractivity contribution in [1.82, 2.24) is 0 Å². The molecule has 2 aromatic rings. The van der Waals surface area contributed by atoms with Gasteiger partial charge < -0.3 is 4.74 Å². The molecule has 0 radical (unpaired) electrons. The molecule has 2 aromatic carbocycles. The third-order valence-electron chi connectivity index (χ3n) is 2.91. The van der Waals surface area contributed by atoms with Gasteiger partial charge in [-0.3, -0.25) is 4.79 Å². The van der Waals surface area contributed by atoms with Crippen molar-refractivity contribution in [3.8, 4) is 5.75 Å². The van der Waals surface area contributed by atoms with Crippen LogP contribution in [0.1, 0.15) is 11.1 Å². The Bertz CT molecular complexity index is 561. The number of hydrogen-bond donors (Lipinski definition) is 0. The van der Waals surface area contributed by atoms with E-state index in [1.54, 1.807) is 13.2 Å². The van der Waals surface area contributed by atoms with Gasteiger partial charge in [0.15, 0.2) is 0 Å². The highest BCUT2D eigenvalue weighted by Crippen LogP contribution is 2.17. The molecule has 0 aliphatic rings. The van der Waals surface area contributed by atoms with E-state index in [0.717, 1.165) is 16.9 Å². The van der Waals surface area contributed by atoms with Crippen LogP contribution in [0.3, 0.4) is 0 Å². The number of carbonyl (C=O) groups is 1. The predicted octanol–water partition coefficient (Wildman–Crippen LogP) is 3.70. The summed E-state index contributed by atoms with van der Waals surface area (Å²) in [6.45, 7) is 0. The molecule has 0 heterocycles. The minimum atomic E-state index is 0.151. The molecule has 0 N–H and O–H groups in total. The third-order valence-corrected chi connectivity index (χ3v) is 3.27. The van der Waals surface area contributed by atoms with Gasteiger partial charge in [-0.15, -0.1) is 0 Å². The summed E-state index contributed by atoms with van der Waals surface area (Å²) < 4.78 is 5.08. The van der Waals surface area contributed by atoms with Crippen LogP contribution >= 0.6 is 11.6 Å². The minimum Gasteiger partial charge on any atom is -0.497 e. The van der Waals surface area contributed by atoms with Gasteiger partial charge in [0, 0.05) is 17.9 Å². The summed E-state index contributed by atoms with van der Waals surface area (Å²) >= 11 is 6.04. The Morgan fingerprint density at radius 1 is 1.05 bits per heavy atom. The number of halogens is 1. The summed E-state index contributed by atoms with van der Waals surface area (Å²) in [5.74, 6) is 0.945. The number of benzene rings is 2. The Hall–Kier alpha value is -1.80. The van der Waals surface area contributed by atoms with Gasteiger partial charge in [-0.25, -0.2) is 0 Å². The highest BCUT2D eigenvalue weighted by atomic mass is 35.5. The molecule has 3 heteroatoms. The maximum Gasteiger partial charge on any atom is 0.141 e. The molecule has 0 saturated heterocycles. The average Bonchev–Trinajstić information content (AvgIpc) is 2.42. The Morgan fingerprint density at radius 2 is 1.74 bits per heavy atom. The van der Waals surface area contributed by atoms with Crippen LogP contribution < -0.4 is 4.74 Å². The van der Waals surface area contributed by atoms with Crippen LogP contribution in [-0.2, 0) is 17.6 Å². The smallest absolute Gasteiger partial charge is 0.141 e. The summed E-state index contributed by atoms with van der Waals surface area (Å²) in [7, 11) is 1.62. The number of Topliss-reactive ketones (excluding diaryl/α,β-unsaturated/α-hetero) is 1. The van der Waals surface area contributed by atoms with E-state index < -0.39 is 0 Å². The van der Waals surface area contributed by atoms with Crippen molar-refractivity contribution < 1.29 is 9.53 Å². The molecule has 0 fully saturated rings. The molecule has 0 aliphatic carbocycles. The van der Waals surface area contributed by atoms with Gasteiger partial charge in [0.1, 0.15) is 11.5 Å². The summed E-state index contributed by atoms with van der Waals surface area (Å²) in [6, 6.07) is 15.0. The van der Waals surface area contributed by atoms with Crippen LogP contribution in [0.15, 0.2) is 48.5 Å². The first-order valence-electron chi connectivity index (χ1n) is 6.07. The van der Waals surface area contributed by atoms with Crippen molar-refractivity contribution in [2.45, 2.75) is 12.8 Å². The largest absolute Gasteiger partial charge is 0.497 e. The van der Waals surface area contributed by atoms with E-state index in [0.29, 0.717) is 17.9 Å². The number of methoxy groups -OCH3 is 1. The monoisotopic (exact) mass is 274 g/mol. The van der Waals surface area contributed by atoms with Gasteiger partial charge >= 0.3 is 0 Å². The van der Waals surface area contributed by atoms with Crippen LogP contribution in [-0.4, -0.2) is 12.9 Å². The second-order valence-electron chi connectivity index (χ2n) is 4.33. The zero-order valence-corrected chi connectivity index (χ0v) is 11.5. The van der Waals surface area contributed by atoms with E-state index in [2.05, 4.69) is 0 Å². The van der Waals surface area contributed by atoms with Crippen LogP contribution in [0.25, 0.3) is 0 Å². The van der Waals surface area contributed by atoms with Gasteiger partial charge in [0.05, 0.1) is 7.11 Å². The molecule has 98 valence electrons. The minimum absolute atomic E-state index is 0.151. The lowest BCUT2D eigenvalue weighted by Crippen LogP contribution is -2.06. The van der Waals surface area contributed by atoms with Crippen molar-refractivity contribution >= 4 is 17.4 Å². The van der Waals surface area contributed by atoms with E-state index in [1.165, 1.54) is 0 Å². The molecule has 19 heavy (non-hydrogen) atoms. The highest BCUT2D eigenvalue weighted by Gasteiger charge is 2.07. The quantitative estimate of drug-likeness (QED) is 0.831. The van der Waals surface area contributed by atoms with Gasteiger partial charge in [0.2, 0.25) is 0 Å². The van der Waals surface area contributed by atoms with E-state index in [-0.39, 0.29) is 5.78 Å². The SMILES string of the molecule is COc1ccc(CC(=O)Cc2ccccc2Cl)cc1. The van der Waals surface area contributed by atoms with Gasteiger partial charge in [-0.1, -0.05) is 41.9 Å². The first-order valence-corrected chi connectivity index (χ1v) is 6.45. The van der Waals surface area contributed by atoms with Crippen LogP contribution in [0.5, 0.6) is 5.75 Å². The fraction of sp³-hybridized carbons (Fsp3) is 0.188. The Balaban J connectivity index is 1.99. The molecular formula is C16H15ClO2. The summed E-state index contributed by atoms with van der Waals surface area (Å²) in [5, 5.41) is 0.644. The van der Waals surface area contributed by atoms with Crippen molar-refractivity contribution in [1.29, 1.82) is 0 Å². The third kappa shape index (κ3) is 3.83. The predicted molar refractivity (Wildman–Crippen MR) is 76.9 cm³/mol. The summed E-state index contributed by atoms with van der Waals surface area (Å²) in [5.41, 5.74) is 1.86. The normalized spacial score (nSPS) is 10.2. The maximum absolute atomic E-state index is 12.0. The number of carbonyl (C=O) groups excluding carboxylic acids is 1. The number of ether oxygens (including phenoxy) is 1. The highest BCUT2D eigenvalue weighted by molar-refractivity contribution is 6.31. The second-order valence-corrected chi connectivity index (χ2v) is 4.74. The van der Waals surface area contributed by atoms with Gasteiger partial charge in [-0.2, -0.15) is 0 Å². The Labute approximate surface area is 118 Å². The second kappa shape index (κ2) is 6.39. The lowest BCUT2D eigenvalue weighted by atomic mass is 10.0. The zero-order valence-electron chi connectivity index (χ0n) is 10.7. The van der Waals surface area contributed by atoms with E-state index in [9.17, 15) is 4.79 Å². The van der Waals surface area contributed by atoms with Gasteiger partial charge in [0.25, 0.3) is 0 Å². The lowest BCUT2D eigenvalue weighted by molar-refractivity contribution is -0.117.